The molecule has 0 bridgehead atoms. The third-order valence-corrected chi connectivity index (χ3v) is 4.68. The Labute approximate surface area is 149 Å². The molecule has 1 heterocycles. The second-order valence-corrected chi connectivity index (χ2v) is 6.46. The smallest absolute Gasteiger partial charge is 0.214 e. The number of hydrogen-bond donors (Lipinski definition) is 0. The summed E-state index contributed by atoms with van der Waals surface area (Å²) in [6.07, 6.45) is 0. The highest BCUT2D eigenvalue weighted by Crippen LogP contribution is 2.24. The van der Waals surface area contributed by atoms with Crippen LogP contribution in [-0.2, 0) is 0 Å². The molecular weight excluding hydrogens is 334 g/mol. The van der Waals surface area contributed by atoms with E-state index >= 15 is 0 Å². The molecule has 0 saturated carbocycles. The fraction of sp³-hybridized carbons (Fsp3) is 0.167. The molecule has 3 aromatic rings. The third-order valence-electron chi connectivity index (χ3n) is 3.76. The normalized spacial score (nSPS) is 10.4. The number of hydrogen-bond acceptors (Lipinski definition) is 6. The Morgan fingerprint density at radius 3 is 2.48 bits per heavy atom. The van der Waals surface area contributed by atoms with Crippen LogP contribution in [0.3, 0.4) is 0 Å². The van der Waals surface area contributed by atoms with Gasteiger partial charge in [-0.15, -0.1) is 5.10 Å². The Balaban J connectivity index is 1.78. The van der Waals surface area contributed by atoms with E-state index in [1.165, 1.54) is 11.8 Å². The molecule has 0 fully saturated rings. The summed E-state index contributed by atoms with van der Waals surface area (Å²) in [6, 6.07) is 14.6. The molecule has 0 aliphatic heterocycles. The minimum atomic E-state index is -0.0365. The monoisotopic (exact) mass is 349 g/mol. The van der Waals surface area contributed by atoms with E-state index < -0.39 is 0 Å². The Kier molecular flexibility index (Phi) is 4.91. The predicted octanol–water partition coefficient (Wildman–Crippen LogP) is 3.13. The number of nitriles is 1. The maximum absolute atomic E-state index is 12.3. The highest BCUT2D eigenvalue weighted by molar-refractivity contribution is 7.99. The number of aromatic nitrogens is 4. The Morgan fingerprint density at radius 2 is 1.84 bits per heavy atom. The zero-order chi connectivity index (χ0) is 17.8. The van der Waals surface area contributed by atoms with Crippen LogP contribution < -0.4 is 0 Å². The van der Waals surface area contributed by atoms with Gasteiger partial charge < -0.3 is 0 Å². The van der Waals surface area contributed by atoms with E-state index in [0.717, 1.165) is 16.8 Å². The van der Waals surface area contributed by atoms with Crippen molar-refractivity contribution in [2.75, 3.05) is 5.75 Å². The summed E-state index contributed by atoms with van der Waals surface area (Å²) in [5.41, 5.74) is 4.15. The van der Waals surface area contributed by atoms with E-state index in [2.05, 4.69) is 15.5 Å². The van der Waals surface area contributed by atoms with Gasteiger partial charge in [0.25, 0.3) is 0 Å². The Morgan fingerprint density at radius 1 is 1.16 bits per heavy atom. The lowest BCUT2D eigenvalue weighted by Crippen LogP contribution is -2.07. The summed E-state index contributed by atoms with van der Waals surface area (Å²) in [4.78, 5) is 12.3. The zero-order valence-electron chi connectivity index (χ0n) is 13.8. The fourth-order valence-corrected chi connectivity index (χ4v) is 3.26. The molecule has 2 aromatic carbocycles. The van der Waals surface area contributed by atoms with Crippen LogP contribution in [0.5, 0.6) is 0 Å². The molecule has 0 unspecified atom stereocenters. The molecular formula is C18H15N5OS. The molecule has 7 heteroatoms. The maximum Gasteiger partial charge on any atom is 0.214 e. The minimum absolute atomic E-state index is 0.0365. The van der Waals surface area contributed by atoms with Gasteiger partial charge in [0, 0.05) is 5.56 Å². The van der Waals surface area contributed by atoms with Crippen molar-refractivity contribution in [1.29, 1.82) is 5.26 Å². The van der Waals surface area contributed by atoms with Gasteiger partial charge in [-0.3, -0.25) is 4.79 Å². The average molecular weight is 349 g/mol. The van der Waals surface area contributed by atoms with E-state index in [0.29, 0.717) is 16.3 Å². The number of Topliss-reactive ketones (excluding diaryl/α,β-unsaturated/α-hetero) is 1. The molecule has 0 spiro atoms. The van der Waals surface area contributed by atoms with Crippen molar-refractivity contribution in [2.45, 2.75) is 19.0 Å². The van der Waals surface area contributed by atoms with E-state index in [4.69, 9.17) is 5.26 Å². The molecule has 0 N–H and O–H groups in total. The number of carbonyl (C=O) groups is 1. The van der Waals surface area contributed by atoms with Gasteiger partial charge in [0.1, 0.15) is 0 Å². The van der Waals surface area contributed by atoms with Crippen molar-refractivity contribution in [3.63, 3.8) is 0 Å². The van der Waals surface area contributed by atoms with Gasteiger partial charge in [-0.25, -0.2) is 0 Å². The quantitative estimate of drug-likeness (QED) is 0.520. The van der Waals surface area contributed by atoms with Gasteiger partial charge in [-0.2, -0.15) is 9.94 Å². The van der Waals surface area contributed by atoms with Gasteiger partial charge in [0.15, 0.2) is 5.78 Å². The molecule has 0 aliphatic rings. The van der Waals surface area contributed by atoms with Crippen molar-refractivity contribution < 1.29 is 4.79 Å². The van der Waals surface area contributed by atoms with Gasteiger partial charge in [0.2, 0.25) is 5.16 Å². The largest absolute Gasteiger partial charge is 0.293 e. The van der Waals surface area contributed by atoms with Crippen molar-refractivity contribution >= 4 is 17.5 Å². The van der Waals surface area contributed by atoms with Crippen molar-refractivity contribution in [2.24, 2.45) is 0 Å². The Bertz CT molecular complexity index is 936. The van der Waals surface area contributed by atoms with Crippen LogP contribution in [0.2, 0.25) is 0 Å². The number of benzene rings is 2. The number of ketones is 1. The van der Waals surface area contributed by atoms with Gasteiger partial charge in [-0.1, -0.05) is 42.1 Å². The number of carbonyl (C=O) groups excluding carboxylic acids is 1. The lowest BCUT2D eigenvalue weighted by molar-refractivity contribution is 0.102. The first-order chi connectivity index (χ1) is 12.1. The summed E-state index contributed by atoms with van der Waals surface area (Å²) in [7, 11) is 0. The van der Waals surface area contributed by atoms with E-state index in [1.807, 2.05) is 38.1 Å². The van der Waals surface area contributed by atoms with Crippen LogP contribution in [0.25, 0.3) is 5.69 Å². The molecule has 6 nitrogen and oxygen atoms in total. The number of rotatable bonds is 5. The van der Waals surface area contributed by atoms with Crippen molar-refractivity contribution in [3.05, 3.63) is 64.7 Å². The lowest BCUT2D eigenvalue weighted by Gasteiger charge is -2.10. The topological polar surface area (TPSA) is 84.5 Å². The SMILES string of the molecule is Cc1cccc(C)c1-n1nnnc1SCC(=O)c1ccc(C#N)cc1. The standard InChI is InChI=1S/C18H15N5OS/c1-12-4-3-5-13(2)17(12)23-18(20-21-22-23)25-11-16(24)15-8-6-14(10-19)7-9-15/h3-9H,11H2,1-2H3. The summed E-state index contributed by atoms with van der Waals surface area (Å²) >= 11 is 1.29. The maximum atomic E-state index is 12.3. The Hall–Kier alpha value is -2.98. The molecule has 25 heavy (non-hydrogen) atoms. The molecule has 0 saturated heterocycles. The first-order valence-electron chi connectivity index (χ1n) is 7.61. The minimum Gasteiger partial charge on any atom is -0.293 e. The highest BCUT2D eigenvalue weighted by atomic mass is 32.2. The van der Waals surface area contributed by atoms with Gasteiger partial charge in [-0.05, 0) is 47.5 Å². The average Bonchev–Trinajstić information content (AvgIpc) is 3.08. The van der Waals surface area contributed by atoms with Crippen LogP contribution in [0.4, 0.5) is 0 Å². The fourth-order valence-electron chi connectivity index (χ4n) is 2.49. The summed E-state index contributed by atoms with van der Waals surface area (Å²) in [6.45, 7) is 4.00. The number of tetrazole rings is 1. The first-order valence-corrected chi connectivity index (χ1v) is 8.60. The van der Waals surface area contributed by atoms with Crippen molar-refractivity contribution in [1.82, 2.24) is 20.2 Å². The number of aryl methyl sites for hydroxylation is 2. The number of thioether (sulfide) groups is 1. The molecule has 0 amide bonds. The second-order valence-electron chi connectivity index (χ2n) is 5.51. The van der Waals surface area contributed by atoms with E-state index in [1.54, 1.807) is 28.9 Å². The van der Waals surface area contributed by atoms with E-state index in [9.17, 15) is 4.79 Å². The molecule has 124 valence electrons. The number of nitrogens with zero attached hydrogens (tertiary/aromatic N) is 5. The van der Waals surface area contributed by atoms with Crippen LogP contribution in [0, 0.1) is 25.2 Å². The predicted molar refractivity (Wildman–Crippen MR) is 94.8 cm³/mol. The second kappa shape index (κ2) is 7.28. The summed E-state index contributed by atoms with van der Waals surface area (Å²) in [5, 5.41) is 21.2. The van der Waals surface area contributed by atoms with Crippen LogP contribution in [-0.4, -0.2) is 31.7 Å². The lowest BCUT2D eigenvalue weighted by atomic mass is 10.1. The third kappa shape index (κ3) is 3.59. The summed E-state index contributed by atoms with van der Waals surface area (Å²) < 4.78 is 1.67. The van der Waals surface area contributed by atoms with Crippen LogP contribution in [0.15, 0.2) is 47.6 Å². The van der Waals surface area contributed by atoms with Crippen molar-refractivity contribution in [3.8, 4) is 11.8 Å². The van der Waals surface area contributed by atoms with Gasteiger partial charge >= 0.3 is 0 Å². The molecule has 1 aromatic heterocycles. The van der Waals surface area contributed by atoms with E-state index in [-0.39, 0.29) is 11.5 Å². The molecule has 3 rings (SSSR count). The molecule has 0 atom stereocenters. The van der Waals surface area contributed by atoms with Gasteiger partial charge in [0.05, 0.1) is 23.1 Å². The zero-order valence-corrected chi connectivity index (χ0v) is 14.6. The van der Waals surface area contributed by atoms with Crippen LogP contribution >= 0.6 is 11.8 Å². The molecule has 0 radical (unpaired) electrons. The summed E-state index contributed by atoms with van der Waals surface area (Å²) in [5.74, 6) is 0.183. The first kappa shape index (κ1) is 16.9. The number of para-hydroxylation sites is 1. The highest BCUT2D eigenvalue weighted by Gasteiger charge is 2.15. The van der Waals surface area contributed by atoms with Crippen LogP contribution in [0.1, 0.15) is 27.0 Å². The molecule has 0 aliphatic carbocycles.